The molecule has 0 spiro atoms. The van der Waals surface area contributed by atoms with Gasteiger partial charge in [0.05, 0.1) is 20.1 Å². The Hall–Kier alpha value is -3.33. The van der Waals surface area contributed by atoms with Crippen molar-refractivity contribution in [1.29, 1.82) is 0 Å². The standard InChI is InChI=1S/C28H32O8S/c1-16-9-12-19(13-10-16)37(31,32)36-26-22(25(33-4)18(3)23-15-35-28(30)24(23)26)14-11-17(2)20-7-6-8-21(20)27(29)34-5/h9-13,20-21H,6-8,14-15H2,1-5H3/b17-11+. The number of rotatable bonds is 8. The van der Waals surface area contributed by atoms with Gasteiger partial charge in [-0.15, -0.1) is 0 Å². The van der Waals surface area contributed by atoms with Gasteiger partial charge in [0.2, 0.25) is 0 Å². The number of methoxy groups -OCH3 is 2. The molecule has 0 aromatic heterocycles. The second-order valence-corrected chi connectivity index (χ2v) is 11.1. The summed E-state index contributed by atoms with van der Waals surface area (Å²) in [7, 11) is -1.37. The average Bonchev–Trinajstić information content (AvgIpc) is 3.51. The first-order valence-corrected chi connectivity index (χ1v) is 13.6. The smallest absolute Gasteiger partial charge is 0.342 e. The number of aryl methyl sites for hydroxylation is 1. The Kier molecular flexibility index (Phi) is 7.64. The molecular formula is C28H32O8S. The number of hydrogen-bond donors (Lipinski definition) is 0. The molecule has 2 aliphatic rings. The molecule has 4 rings (SSSR count). The number of hydrogen-bond acceptors (Lipinski definition) is 8. The molecule has 198 valence electrons. The molecule has 0 amide bonds. The van der Waals surface area contributed by atoms with Crippen LogP contribution in [0.15, 0.2) is 40.8 Å². The van der Waals surface area contributed by atoms with Crippen LogP contribution in [0.1, 0.15) is 58.8 Å². The third-order valence-corrected chi connectivity index (χ3v) is 8.60. The van der Waals surface area contributed by atoms with Crippen LogP contribution in [0.3, 0.4) is 0 Å². The van der Waals surface area contributed by atoms with Crippen LogP contribution in [0.4, 0.5) is 0 Å². The molecule has 0 radical (unpaired) electrons. The van der Waals surface area contributed by atoms with Gasteiger partial charge in [-0.25, -0.2) is 4.79 Å². The van der Waals surface area contributed by atoms with E-state index < -0.39 is 16.1 Å². The number of carbonyl (C=O) groups is 2. The monoisotopic (exact) mass is 528 g/mol. The molecule has 0 saturated heterocycles. The summed E-state index contributed by atoms with van der Waals surface area (Å²) in [5.41, 5.74) is 3.66. The molecular weight excluding hydrogens is 496 g/mol. The average molecular weight is 529 g/mol. The van der Waals surface area contributed by atoms with Gasteiger partial charge < -0.3 is 18.4 Å². The van der Waals surface area contributed by atoms with E-state index in [1.54, 1.807) is 12.1 Å². The van der Waals surface area contributed by atoms with E-state index in [9.17, 15) is 18.0 Å². The van der Waals surface area contributed by atoms with Crippen LogP contribution in [0.2, 0.25) is 0 Å². The molecule has 2 aromatic carbocycles. The maximum absolute atomic E-state index is 13.3. The number of ether oxygens (including phenoxy) is 3. The first-order valence-electron chi connectivity index (χ1n) is 12.2. The zero-order chi connectivity index (χ0) is 26.9. The largest absolute Gasteiger partial charge is 0.496 e. The molecule has 37 heavy (non-hydrogen) atoms. The summed E-state index contributed by atoms with van der Waals surface area (Å²) < 4.78 is 48.2. The molecule has 8 nitrogen and oxygen atoms in total. The predicted octanol–water partition coefficient (Wildman–Crippen LogP) is 4.83. The van der Waals surface area contributed by atoms with Crippen molar-refractivity contribution < 1.29 is 36.4 Å². The minimum absolute atomic E-state index is 0.00926. The van der Waals surface area contributed by atoms with E-state index in [0.29, 0.717) is 22.4 Å². The lowest BCUT2D eigenvalue weighted by molar-refractivity contribution is -0.146. The molecule has 2 aromatic rings. The Labute approximate surface area is 217 Å². The molecule has 1 fully saturated rings. The van der Waals surface area contributed by atoms with Crippen LogP contribution in [0.25, 0.3) is 0 Å². The fourth-order valence-corrected chi connectivity index (χ4v) is 6.29. The number of carbonyl (C=O) groups excluding carboxylic acids is 2. The molecule has 1 aliphatic carbocycles. The summed E-state index contributed by atoms with van der Waals surface area (Å²) in [6.07, 6.45) is 4.73. The van der Waals surface area contributed by atoms with Gasteiger partial charge in [0, 0.05) is 11.1 Å². The summed E-state index contributed by atoms with van der Waals surface area (Å²) in [5.74, 6) is -0.695. The molecule has 0 N–H and O–H groups in total. The second-order valence-electron chi connectivity index (χ2n) is 9.57. The molecule has 0 bridgehead atoms. The summed E-state index contributed by atoms with van der Waals surface area (Å²) in [6.45, 7) is 5.63. The zero-order valence-electron chi connectivity index (χ0n) is 21.8. The lowest BCUT2D eigenvalue weighted by Gasteiger charge is -2.21. The molecule has 2 atom stereocenters. The van der Waals surface area contributed by atoms with Gasteiger partial charge in [-0.2, -0.15) is 8.42 Å². The van der Waals surface area contributed by atoms with Crippen molar-refractivity contribution in [3.63, 3.8) is 0 Å². The maximum Gasteiger partial charge on any atom is 0.342 e. The Morgan fingerprint density at radius 1 is 1.08 bits per heavy atom. The molecule has 9 heteroatoms. The lowest BCUT2D eigenvalue weighted by atomic mass is 9.88. The van der Waals surface area contributed by atoms with Gasteiger partial charge in [-0.05, 0) is 63.6 Å². The first-order chi connectivity index (χ1) is 17.6. The zero-order valence-corrected chi connectivity index (χ0v) is 22.6. The summed E-state index contributed by atoms with van der Waals surface area (Å²) >= 11 is 0. The minimum Gasteiger partial charge on any atom is -0.496 e. The number of benzene rings is 2. The Bertz CT molecular complexity index is 1360. The van der Waals surface area contributed by atoms with E-state index in [4.69, 9.17) is 18.4 Å². The van der Waals surface area contributed by atoms with Crippen molar-refractivity contribution in [3.8, 4) is 11.5 Å². The van der Waals surface area contributed by atoms with Crippen LogP contribution in [0, 0.1) is 25.7 Å². The summed E-state index contributed by atoms with van der Waals surface area (Å²) in [6, 6.07) is 6.28. The van der Waals surface area contributed by atoms with E-state index >= 15 is 0 Å². The quantitative estimate of drug-likeness (QED) is 0.273. The molecule has 1 heterocycles. The highest BCUT2D eigenvalue weighted by Gasteiger charge is 2.37. The van der Waals surface area contributed by atoms with Gasteiger partial charge >= 0.3 is 22.1 Å². The van der Waals surface area contributed by atoms with Crippen molar-refractivity contribution in [1.82, 2.24) is 0 Å². The van der Waals surface area contributed by atoms with Crippen LogP contribution in [-0.2, 0) is 37.4 Å². The van der Waals surface area contributed by atoms with E-state index in [2.05, 4.69) is 0 Å². The third-order valence-electron chi connectivity index (χ3n) is 7.36. The summed E-state index contributed by atoms with van der Waals surface area (Å²) in [5, 5.41) is 0. The highest BCUT2D eigenvalue weighted by atomic mass is 32.2. The molecule has 2 unspecified atom stereocenters. The number of esters is 2. The van der Waals surface area contributed by atoms with Crippen molar-refractivity contribution >= 4 is 22.1 Å². The van der Waals surface area contributed by atoms with Crippen molar-refractivity contribution in [2.45, 2.75) is 58.0 Å². The maximum atomic E-state index is 13.3. The number of fused-ring (bicyclic) bond motifs is 1. The second kappa shape index (κ2) is 10.6. The highest BCUT2D eigenvalue weighted by molar-refractivity contribution is 7.87. The lowest BCUT2D eigenvalue weighted by Crippen LogP contribution is -2.21. The molecule has 1 saturated carbocycles. The third kappa shape index (κ3) is 5.09. The first kappa shape index (κ1) is 26.7. The number of allylic oxidation sites excluding steroid dienone is 2. The van der Waals surface area contributed by atoms with Crippen LogP contribution in [-0.4, -0.2) is 34.6 Å². The van der Waals surface area contributed by atoms with Crippen molar-refractivity contribution in [2.75, 3.05) is 14.2 Å². The van der Waals surface area contributed by atoms with Gasteiger partial charge in [-0.1, -0.05) is 35.8 Å². The van der Waals surface area contributed by atoms with Crippen LogP contribution < -0.4 is 8.92 Å². The summed E-state index contributed by atoms with van der Waals surface area (Å²) in [4.78, 5) is 25.0. The van der Waals surface area contributed by atoms with E-state index in [-0.39, 0.29) is 47.0 Å². The van der Waals surface area contributed by atoms with Gasteiger partial charge in [0.15, 0.2) is 5.75 Å². The van der Waals surface area contributed by atoms with Crippen LogP contribution >= 0.6 is 0 Å². The normalized spacial score (nSPS) is 19.4. The van der Waals surface area contributed by atoms with E-state index in [0.717, 1.165) is 30.4 Å². The predicted molar refractivity (Wildman–Crippen MR) is 136 cm³/mol. The SMILES string of the molecule is COC(=O)C1CCCC1/C(C)=C/Cc1c(OC)c(C)c2c(c1OS(=O)(=O)c1ccc(C)cc1)C(=O)OC2. The van der Waals surface area contributed by atoms with E-state index in [1.165, 1.54) is 26.4 Å². The topological polar surface area (TPSA) is 105 Å². The molecule has 1 aliphatic heterocycles. The fraction of sp³-hybridized carbons (Fsp3) is 0.429. The van der Waals surface area contributed by atoms with Gasteiger partial charge in [-0.3, -0.25) is 4.79 Å². The fourth-order valence-electron chi connectivity index (χ4n) is 5.32. The van der Waals surface area contributed by atoms with Crippen LogP contribution in [0.5, 0.6) is 11.5 Å². The van der Waals surface area contributed by atoms with Gasteiger partial charge in [0.1, 0.15) is 22.8 Å². The number of cyclic esters (lactones) is 1. The Balaban J connectivity index is 1.80. The van der Waals surface area contributed by atoms with Crippen molar-refractivity contribution in [3.05, 3.63) is 63.7 Å². The highest BCUT2D eigenvalue weighted by Crippen LogP contribution is 2.44. The van der Waals surface area contributed by atoms with Crippen molar-refractivity contribution in [2.24, 2.45) is 11.8 Å². The van der Waals surface area contributed by atoms with Gasteiger partial charge in [0.25, 0.3) is 0 Å². The van der Waals surface area contributed by atoms with E-state index in [1.807, 2.05) is 26.8 Å². The minimum atomic E-state index is -4.26. The Morgan fingerprint density at radius 2 is 1.76 bits per heavy atom. The Morgan fingerprint density at radius 3 is 2.41 bits per heavy atom.